The molecule has 0 fully saturated rings. The zero-order valence-electron chi connectivity index (χ0n) is 12.2. The van der Waals surface area contributed by atoms with E-state index in [2.05, 4.69) is 26.8 Å². The maximum atomic E-state index is 10.7. The van der Waals surface area contributed by atoms with E-state index in [1.807, 2.05) is 6.07 Å². The molecular weight excluding hydrogens is 307 g/mol. The van der Waals surface area contributed by atoms with Crippen LogP contribution in [-0.2, 0) is 29.4 Å². The highest BCUT2D eigenvalue weighted by molar-refractivity contribution is 7.86. The van der Waals surface area contributed by atoms with Crippen molar-refractivity contribution in [3.05, 3.63) is 28.8 Å². The van der Waals surface area contributed by atoms with Gasteiger partial charge in [0.1, 0.15) is 0 Å². The molecule has 0 heterocycles. The fourth-order valence-corrected chi connectivity index (χ4v) is 1.95. The van der Waals surface area contributed by atoms with Crippen LogP contribution in [0.15, 0.2) is 12.1 Å². The summed E-state index contributed by atoms with van der Waals surface area (Å²) in [6.07, 6.45) is 3.25. The summed E-state index contributed by atoms with van der Waals surface area (Å²) in [7, 11) is -5.84. The summed E-state index contributed by atoms with van der Waals surface area (Å²) in [6.45, 7) is 6.57. The molecule has 0 saturated heterocycles. The molecule has 1 aromatic rings. The second kappa shape index (κ2) is 7.65. The van der Waals surface area contributed by atoms with Crippen molar-refractivity contribution in [1.82, 2.24) is 0 Å². The summed E-state index contributed by atoms with van der Waals surface area (Å²) in [4.78, 5) is 0. The van der Waals surface area contributed by atoms with Crippen LogP contribution in [0.1, 0.15) is 37.5 Å². The summed E-state index contributed by atoms with van der Waals surface area (Å²) in [5.41, 5.74) is 5.62. The first kappa shape index (κ1) is 19.7. The lowest BCUT2D eigenvalue weighted by atomic mass is 9.94. The van der Waals surface area contributed by atoms with Gasteiger partial charge in [-0.2, -0.15) is 21.6 Å². The van der Waals surface area contributed by atoms with Crippen LogP contribution in [-0.4, -0.2) is 18.5 Å². The molecule has 122 valence electrons. The van der Waals surface area contributed by atoms with Crippen molar-refractivity contribution in [1.29, 1.82) is 0 Å². The highest BCUT2D eigenvalue weighted by Gasteiger charge is 2.44. The Morgan fingerprint density at radius 1 is 1.05 bits per heavy atom. The number of hydrogen-bond donors (Lipinski definition) is 2. The largest absolute Gasteiger partial charge is 0.522 e. The van der Waals surface area contributed by atoms with Crippen molar-refractivity contribution < 1.29 is 26.1 Å². The molecule has 0 radical (unpaired) electrons. The lowest BCUT2D eigenvalue weighted by Gasteiger charge is -2.13. The minimum Gasteiger partial charge on any atom is -0.398 e. The van der Waals surface area contributed by atoms with E-state index in [0.29, 0.717) is 0 Å². The Morgan fingerprint density at radius 2 is 1.48 bits per heavy atom. The Hall–Kier alpha value is -1.28. The van der Waals surface area contributed by atoms with E-state index in [4.69, 9.17) is 18.7 Å². The summed E-state index contributed by atoms with van der Waals surface area (Å²) in [5.74, 6) is 0. The standard InChI is InChI=1S/C12H19N.CHF3O3S/c1-4-9-7-8-12(13)11(6-3)10(9)5-2;2-1(3,4)8(5,6)7/h7-8H,4-6,13H2,1-3H3;(H,5,6,7). The van der Waals surface area contributed by atoms with Gasteiger partial charge in [-0.05, 0) is 42.0 Å². The molecular formula is C13H20F3NO3S. The van der Waals surface area contributed by atoms with Gasteiger partial charge in [-0.3, -0.25) is 4.55 Å². The number of nitrogens with two attached hydrogens (primary N) is 1. The number of alkyl halides is 3. The SMILES string of the molecule is CCc1ccc(N)c(CC)c1CC.O=S(=O)(O)C(F)(F)F. The molecule has 3 N–H and O–H groups in total. The summed E-state index contributed by atoms with van der Waals surface area (Å²) in [5, 5.41) is 0. The van der Waals surface area contributed by atoms with Gasteiger partial charge in [0, 0.05) is 5.69 Å². The van der Waals surface area contributed by atoms with Gasteiger partial charge in [0.2, 0.25) is 0 Å². The van der Waals surface area contributed by atoms with Crippen LogP contribution >= 0.6 is 0 Å². The molecule has 0 atom stereocenters. The summed E-state index contributed by atoms with van der Waals surface area (Å²) in [6, 6.07) is 4.20. The molecule has 0 aliphatic carbocycles. The molecule has 0 aliphatic rings. The predicted molar refractivity (Wildman–Crippen MR) is 76.6 cm³/mol. The van der Waals surface area contributed by atoms with Crippen molar-refractivity contribution in [3.8, 4) is 0 Å². The first-order chi connectivity index (χ1) is 9.49. The van der Waals surface area contributed by atoms with Gasteiger partial charge in [-0.1, -0.05) is 26.8 Å². The van der Waals surface area contributed by atoms with E-state index in [1.54, 1.807) is 0 Å². The molecule has 0 bridgehead atoms. The van der Waals surface area contributed by atoms with E-state index in [-0.39, 0.29) is 0 Å². The number of rotatable bonds is 3. The summed E-state index contributed by atoms with van der Waals surface area (Å²) >= 11 is 0. The van der Waals surface area contributed by atoms with Crippen LogP contribution in [0.25, 0.3) is 0 Å². The molecule has 0 aliphatic heterocycles. The average molecular weight is 327 g/mol. The number of hydrogen-bond acceptors (Lipinski definition) is 3. The van der Waals surface area contributed by atoms with Crippen molar-refractivity contribution in [2.24, 2.45) is 0 Å². The Kier molecular flexibility index (Phi) is 7.18. The topological polar surface area (TPSA) is 80.4 Å². The average Bonchev–Trinajstić information content (AvgIpc) is 2.36. The van der Waals surface area contributed by atoms with Crippen LogP contribution in [0.3, 0.4) is 0 Å². The lowest BCUT2D eigenvalue weighted by molar-refractivity contribution is -0.0510. The number of nitrogen functional groups attached to an aromatic ring is 1. The van der Waals surface area contributed by atoms with Crippen LogP contribution in [0.5, 0.6) is 0 Å². The second-order valence-corrected chi connectivity index (χ2v) is 5.67. The number of halogens is 3. The van der Waals surface area contributed by atoms with Gasteiger partial charge < -0.3 is 5.73 Å². The quantitative estimate of drug-likeness (QED) is 0.507. The smallest absolute Gasteiger partial charge is 0.398 e. The molecule has 0 amide bonds. The van der Waals surface area contributed by atoms with Crippen molar-refractivity contribution in [2.45, 2.75) is 45.5 Å². The Bertz CT molecular complexity index is 569. The molecule has 21 heavy (non-hydrogen) atoms. The Labute approximate surface area is 122 Å². The van der Waals surface area contributed by atoms with Gasteiger partial charge >= 0.3 is 15.6 Å². The minimum atomic E-state index is -5.84. The van der Waals surface area contributed by atoms with Crippen molar-refractivity contribution in [3.63, 3.8) is 0 Å². The number of anilines is 1. The molecule has 8 heteroatoms. The molecule has 0 saturated carbocycles. The molecule has 1 aromatic carbocycles. The highest BCUT2D eigenvalue weighted by Crippen LogP contribution is 2.23. The molecule has 0 aromatic heterocycles. The van der Waals surface area contributed by atoms with E-state index < -0.39 is 15.6 Å². The van der Waals surface area contributed by atoms with E-state index in [0.717, 1.165) is 24.9 Å². The van der Waals surface area contributed by atoms with E-state index >= 15 is 0 Å². The molecule has 1 rings (SSSR count). The number of aryl methyl sites for hydroxylation is 1. The van der Waals surface area contributed by atoms with Gasteiger partial charge in [0.05, 0.1) is 0 Å². The second-order valence-electron chi connectivity index (χ2n) is 4.25. The first-order valence-corrected chi connectivity index (χ1v) is 7.86. The monoisotopic (exact) mass is 327 g/mol. The van der Waals surface area contributed by atoms with Crippen LogP contribution in [0, 0.1) is 0 Å². The highest BCUT2D eigenvalue weighted by atomic mass is 32.2. The fourth-order valence-electron chi connectivity index (χ4n) is 1.95. The maximum Gasteiger partial charge on any atom is 0.522 e. The van der Waals surface area contributed by atoms with Gasteiger partial charge in [0.25, 0.3) is 0 Å². The first-order valence-electron chi connectivity index (χ1n) is 6.42. The van der Waals surface area contributed by atoms with Crippen LogP contribution in [0.2, 0.25) is 0 Å². The van der Waals surface area contributed by atoms with Crippen LogP contribution in [0.4, 0.5) is 18.9 Å². The van der Waals surface area contributed by atoms with Gasteiger partial charge in [-0.25, -0.2) is 0 Å². The zero-order valence-corrected chi connectivity index (χ0v) is 13.0. The zero-order chi connectivity index (χ0) is 16.8. The van der Waals surface area contributed by atoms with Gasteiger partial charge in [0.15, 0.2) is 0 Å². The van der Waals surface area contributed by atoms with Gasteiger partial charge in [-0.15, -0.1) is 0 Å². The molecule has 0 spiro atoms. The summed E-state index contributed by atoms with van der Waals surface area (Å²) < 4.78 is 57.5. The van der Waals surface area contributed by atoms with E-state index in [1.165, 1.54) is 16.7 Å². The maximum absolute atomic E-state index is 10.7. The Balaban J connectivity index is 0.000000433. The molecule has 0 unspecified atom stereocenters. The third-order valence-electron chi connectivity index (χ3n) is 2.94. The third kappa shape index (κ3) is 5.55. The third-order valence-corrected chi connectivity index (χ3v) is 3.53. The predicted octanol–water partition coefficient (Wildman–Crippen LogP) is 3.35. The lowest BCUT2D eigenvalue weighted by Crippen LogP contribution is -2.21. The minimum absolute atomic E-state index is 0.955. The van der Waals surface area contributed by atoms with Crippen molar-refractivity contribution in [2.75, 3.05) is 5.73 Å². The fraction of sp³-hybridized carbons (Fsp3) is 0.538. The van der Waals surface area contributed by atoms with E-state index in [9.17, 15) is 13.2 Å². The normalized spacial score (nSPS) is 11.8. The molecule has 4 nitrogen and oxygen atoms in total. The van der Waals surface area contributed by atoms with Crippen LogP contribution < -0.4 is 5.73 Å². The van der Waals surface area contributed by atoms with Crippen molar-refractivity contribution >= 4 is 15.8 Å². The Morgan fingerprint density at radius 3 is 1.76 bits per heavy atom. The number of benzene rings is 1.